The minimum absolute atomic E-state index is 0.402. The summed E-state index contributed by atoms with van der Waals surface area (Å²) < 4.78 is 10.8. The second kappa shape index (κ2) is 18.7. The fraction of sp³-hybridized carbons (Fsp3) is 0.667. The lowest BCUT2D eigenvalue weighted by molar-refractivity contribution is -0.148. The second-order valence-electron chi connectivity index (χ2n) is 8.53. The summed E-state index contributed by atoms with van der Waals surface area (Å²) >= 11 is 0. The molecule has 0 amide bonds. The molecule has 0 saturated carbocycles. The molecule has 0 heterocycles. The molecular formula is C27H44O5. The van der Waals surface area contributed by atoms with Gasteiger partial charge in [-0.05, 0) is 37.1 Å². The predicted octanol–water partition coefficient (Wildman–Crippen LogP) is 6.07. The Balaban J connectivity index is 2.13. The molecule has 182 valence electrons. The number of hydrogen-bond acceptors (Lipinski definition) is 5. The molecule has 5 nitrogen and oxygen atoms in total. The van der Waals surface area contributed by atoms with Crippen LogP contribution in [0.5, 0.6) is 5.75 Å². The molecule has 0 spiro atoms. The molecule has 1 aromatic carbocycles. The Morgan fingerprint density at radius 2 is 1.34 bits per heavy atom. The monoisotopic (exact) mass is 448 g/mol. The molecule has 0 aliphatic rings. The lowest BCUT2D eigenvalue weighted by Crippen LogP contribution is -2.25. The summed E-state index contributed by atoms with van der Waals surface area (Å²) in [6.07, 6.45) is 16.8. The van der Waals surface area contributed by atoms with Crippen molar-refractivity contribution >= 4 is 12.0 Å². The van der Waals surface area contributed by atoms with Gasteiger partial charge < -0.3 is 19.7 Å². The number of carbonyl (C=O) groups excluding carboxylic acids is 1. The van der Waals surface area contributed by atoms with Crippen LogP contribution in [0.15, 0.2) is 29.8 Å². The highest BCUT2D eigenvalue weighted by Crippen LogP contribution is 2.16. The van der Waals surface area contributed by atoms with E-state index in [9.17, 15) is 4.79 Å². The summed E-state index contributed by atoms with van der Waals surface area (Å²) in [5, 5.41) is 18.0. The number of esters is 1. The van der Waals surface area contributed by atoms with E-state index in [-0.39, 0.29) is 0 Å². The molecule has 0 aliphatic carbocycles. The largest absolute Gasteiger partial charge is 0.494 e. The first-order chi connectivity index (χ1) is 15.6. The van der Waals surface area contributed by atoms with Gasteiger partial charge in [0, 0.05) is 5.57 Å². The Kier molecular flexibility index (Phi) is 16.5. The standard InChI is InChI=1S/C27H44O5/c1-3-4-5-6-7-8-9-10-11-12-13-14-19-31-25-17-15-24(16-18-25)20-23(2)27(30)32-26(21-28)22-29/h15-18,20,26,28-29H,3-14,19,21-22H2,1-2H3/b23-20+. The molecule has 0 bridgehead atoms. The van der Waals surface area contributed by atoms with Crippen molar-refractivity contribution in [2.24, 2.45) is 0 Å². The fourth-order valence-electron chi connectivity index (χ4n) is 3.48. The topological polar surface area (TPSA) is 76.0 Å². The van der Waals surface area contributed by atoms with Gasteiger partial charge in [-0.15, -0.1) is 0 Å². The highest BCUT2D eigenvalue weighted by atomic mass is 16.6. The van der Waals surface area contributed by atoms with Crippen LogP contribution in [0.25, 0.3) is 6.08 Å². The normalized spacial score (nSPS) is 11.7. The number of carbonyl (C=O) groups is 1. The van der Waals surface area contributed by atoms with Gasteiger partial charge in [-0.2, -0.15) is 0 Å². The SMILES string of the molecule is CCCCCCCCCCCCCCOc1ccc(/C=C(\C)C(=O)OC(CO)CO)cc1. The molecule has 1 aromatic rings. The van der Waals surface area contributed by atoms with Crippen molar-refractivity contribution < 1.29 is 24.5 Å². The van der Waals surface area contributed by atoms with Crippen LogP contribution >= 0.6 is 0 Å². The molecule has 1 rings (SSSR count). The maximum atomic E-state index is 12.0. The van der Waals surface area contributed by atoms with Gasteiger partial charge in [0.2, 0.25) is 0 Å². The third-order valence-electron chi connectivity index (χ3n) is 5.53. The summed E-state index contributed by atoms with van der Waals surface area (Å²) in [4.78, 5) is 12.0. The van der Waals surface area contributed by atoms with E-state index in [4.69, 9.17) is 19.7 Å². The Labute approximate surface area is 194 Å². The van der Waals surface area contributed by atoms with Gasteiger partial charge in [-0.1, -0.05) is 89.7 Å². The van der Waals surface area contributed by atoms with Gasteiger partial charge in [-0.25, -0.2) is 4.79 Å². The Morgan fingerprint density at radius 1 is 0.844 bits per heavy atom. The number of aliphatic hydroxyl groups is 2. The maximum Gasteiger partial charge on any atom is 0.334 e. The van der Waals surface area contributed by atoms with E-state index < -0.39 is 25.3 Å². The van der Waals surface area contributed by atoms with Gasteiger partial charge in [0.05, 0.1) is 19.8 Å². The second-order valence-corrected chi connectivity index (χ2v) is 8.53. The van der Waals surface area contributed by atoms with Gasteiger partial charge in [0.25, 0.3) is 0 Å². The zero-order valence-corrected chi connectivity index (χ0v) is 20.2. The molecule has 0 radical (unpaired) electrons. The smallest absolute Gasteiger partial charge is 0.334 e. The van der Waals surface area contributed by atoms with Crippen molar-refractivity contribution in [2.75, 3.05) is 19.8 Å². The van der Waals surface area contributed by atoms with Crippen LogP contribution < -0.4 is 4.74 Å². The summed E-state index contributed by atoms with van der Waals surface area (Å²) in [5.41, 5.74) is 1.27. The first-order valence-corrected chi connectivity index (χ1v) is 12.4. The first-order valence-electron chi connectivity index (χ1n) is 12.4. The number of ether oxygens (including phenoxy) is 2. The minimum Gasteiger partial charge on any atom is -0.494 e. The van der Waals surface area contributed by atoms with Crippen LogP contribution in [0.1, 0.15) is 96.5 Å². The molecule has 0 fully saturated rings. The van der Waals surface area contributed by atoms with Crippen LogP contribution in [0.3, 0.4) is 0 Å². The molecule has 0 aliphatic heterocycles. The highest BCUT2D eigenvalue weighted by molar-refractivity contribution is 5.93. The average molecular weight is 449 g/mol. The lowest BCUT2D eigenvalue weighted by Gasteiger charge is -2.12. The number of aliphatic hydroxyl groups excluding tert-OH is 2. The number of hydrogen-bond donors (Lipinski definition) is 2. The van der Waals surface area contributed by atoms with Crippen molar-refractivity contribution in [3.8, 4) is 5.75 Å². The molecule has 32 heavy (non-hydrogen) atoms. The molecular weight excluding hydrogens is 404 g/mol. The van der Waals surface area contributed by atoms with E-state index in [0.29, 0.717) is 5.57 Å². The van der Waals surface area contributed by atoms with Crippen LogP contribution in [0.2, 0.25) is 0 Å². The summed E-state index contributed by atoms with van der Waals surface area (Å²) in [5.74, 6) is 0.275. The van der Waals surface area contributed by atoms with E-state index in [0.717, 1.165) is 24.3 Å². The number of rotatable bonds is 19. The maximum absolute atomic E-state index is 12.0. The zero-order valence-electron chi connectivity index (χ0n) is 20.2. The van der Waals surface area contributed by atoms with Gasteiger partial charge in [0.1, 0.15) is 11.9 Å². The highest BCUT2D eigenvalue weighted by Gasteiger charge is 2.13. The van der Waals surface area contributed by atoms with Gasteiger partial charge in [-0.3, -0.25) is 0 Å². The van der Waals surface area contributed by atoms with Crippen LogP contribution in [0, 0.1) is 0 Å². The summed E-state index contributed by atoms with van der Waals surface area (Å²) in [6.45, 7) is 3.83. The predicted molar refractivity (Wildman–Crippen MR) is 131 cm³/mol. The Morgan fingerprint density at radius 3 is 1.84 bits per heavy atom. The van der Waals surface area contributed by atoms with Crippen molar-refractivity contribution in [3.63, 3.8) is 0 Å². The van der Waals surface area contributed by atoms with E-state index in [1.807, 2.05) is 24.3 Å². The Hall–Kier alpha value is -1.85. The van der Waals surface area contributed by atoms with E-state index in [1.54, 1.807) is 13.0 Å². The van der Waals surface area contributed by atoms with Crippen molar-refractivity contribution in [1.29, 1.82) is 0 Å². The average Bonchev–Trinajstić information content (AvgIpc) is 2.81. The van der Waals surface area contributed by atoms with Crippen molar-refractivity contribution in [1.82, 2.24) is 0 Å². The third kappa shape index (κ3) is 13.5. The van der Waals surface area contributed by atoms with E-state index >= 15 is 0 Å². The van der Waals surface area contributed by atoms with Crippen molar-refractivity contribution in [3.05, 3.63) is 35.4 Å². The Bertz CT molecular complexity index is 619. The van der Waals surface area contributed by atoms with E-state index in [1.165, 1.54) is 70.6 Å². The number of benzene rings is 1. The van der Waals surface area contributed by atoms with Crippen LogP contribution in [-0.2, 0) is 9.53 Å². The van der Waals surface area contributed by atoms with Crippen LogP contribution in [-0.4, -0.2) is 42.1 Å². The lowest BCUT2D eigenvalue weighted by atomic mass is 10.1. The quantitative estimate of drug-likeness (QED) is 0.153. The van der Waals surface area contributed by atoms with Gasteiger partial charge in [0.15, 0.2) is 0 Å². The fourth-order valence-corrected chi connectivity index (χ4v) is 3.48. The molecule has 0 aromatic heterocycles. The summed E-state index contributed by atoms with van der Waals surface area (Å²) in [6, 6.07) is 7.58. The summed E-state index contributed by atoms with van der Waals surface area (Å²) in [7, 11) is 0. The van der Waals surface area contributed by atoms with Crippen molar-refractivity contribution in [2.45, 2.75) is 97.0 Å². The molecule has 5 heteroatoms. The first kappa shape index (κ1) is 28.2. The third-order valence-corrected chi connectivity index (χ3v) is 5.53. The minimum atomic E-state index is -0.887. The number of unbranched alkanes of at least 4 members (excludes halogenated alkanes) is 11. The molecule has 0 unspecified atom stereocenters. The zero-order chi connectivity index (χ0) is 23.4. The molecule has 0 saturated heterocycles. The van der Waals surface area contributed by atoms with Gasteiger partial charge >= 0.3 is 5.97 Å². The molecule has 2 N–H and O–H groups in total. The van der Waals surface area contributed by atoms with E-state index in [2.05, 4.69) is 6.92 Å². The molecule has 0 atom stereocenters. The van der Waals surface area contributed by atoms with Crippen LogP contribution in [0.4, 0.5) is 0 Å².